The number of hydrogen-bond donors (Lipinski definition) is 2. The summed E-state index contributed by atoms with van der Waals surface area (Å²) in [4.78, 5) is 16.8. The van der Waals surface area contributed by atoms with E-state index in [0.717, 1.165) is 0 Å². The highest BCUT2D eigenvalue weighted by molar-refractivity contribution is 6.04. The van der Waals surface area contributed by atoms with Gasteiger partial charge in [0.15, 0.2) is 11.6 Å². The van der Waals surface area contributed by atoms with Crippen molar-refractivity contribution in [2.45, 2.75) is 25.9 Å². The van der Waals surface area contributed by atoms with Gasteiger partial charge in [0.1, 0.15) is 5.82 Å². The standard InChI is InChI=1S/C20H20F2N4O2/c1-11(4-6-28-2)24-19-17(22)15-9-23-20(27)16(15)18(25-19)12-7-14-8-13(21)3-5-26(14)10-12/h3,5,7-8,10-11H,4,6,9H2,1-2H3,(H,23,27)(H,24,25). The van der Waals surface area contributed by atoms with Crippen molar-refractivity contribution in [2.75, 3.05) is 19.0 Å². The lowest BCUT2D eigenvalue weighted by Gasteiger charge is -2.17. The van der Waals surface area contributed by atoms with Crippen LogP contribution in [0.4, 0.5) is 14.6 Å². The minimum absolute atomic E-state index is 0.0693. The van der Waals surface area contributed by atoms with E-state index in [1.807, 2.05) is 6.92 Å². The number of halogens is 2. The normalized spacial score (nSPS) is 14.2. The fourth-order valence-corrected chi connectivity index (χ4v) is 3.40. The largest absolute Gasteiger partial charge is 0.385 e. The number of anilines is 1. The lowest BCUT2D eigenvalue weighted by molar-refractivity contribution is 0.0966. The topological polar surface area (TPSA) is 67.7 Å². The monoisotopic (exact) mass is 386 g/mol. The van der Waals surface area contributed by atoms with E-state index in [1.54, 1.807) is 30.0 Å². The number of amides is 1. The first-order valence-electron chi connectivity index (χ1n) is 9.01. The molecule has 3 aromatic heterocycles. The molecule has 0 bridgehead atoms. The van der Waals surface area contributed by atoms with Crippen molar-refractivity contribution < 1.29 is 18.3 Å². The lowest BCUT2D eigenvalue weighted by atomic mass is 10.0. The molecule has 0 radical (unpaired) electrons. The third-order valence-electron chi connectivity index (χ3n) is 4.86. The molecule has 0 saturated carbocycles. The van der Waals surface area contributed by atoms with E-state index in [4.69, 9.17) is 4.74 Å². The molecule has 0 spiro atoms. The summed E-state index contributed by atoms with van der Waals surface area (Å²) >= 11 is 0. The van der Waals surface area contributed by atoms with E-state index in [1.165, 1.54) is 12.1 Å². The Kier molecular flexibility index (Phi) is 4.72. The average Bonchev–Trinajstić information content (AvgIpc) is 3.26. The molecule has 0 aromatic carbocycles. The summed E-state index contributed by atoms with van der Waals surface area (Å²) in [5, 5.41) is 5.73. The van der Waals surface area contributed by atoms with Crippen LogP contribution < -0.4 is 10.6 Å². The van der Waals surface area contributed by atoms with Crippen molar-refractivity contribution >= 4 is 17.2 Å². The van der Waals surface area contributed by atoms with Crippen molar-refractivity contribution in [1.82, 2.24) is 14.7 Å². The van der Waals surface area contributed by atoms with Gasteiger partial charge in [-0.05, 0) is 31.5 Å². The first-order valence-corrected chi connectivity index (χ1v) is 9.01. The van der Waals surface area contributed by atoms with Crippen LogP contribution in [0.1, 0.15) is 29.3 Å². The number of aromatic nitrogens is 2. The maximum absolute atomic E-state index is 15.0. The quantitative estimate of drug-likeness (QED) is 0.682. The summed E-state index contributed by atoms with van der Waals surface area (Å²) in [5.74, 6) is -1.16. The summed E-state index contributed by atoms with van der Waals surface area (Å²) in [5.41, 5.74) is 2.13. The summed E-state index contributed by atoms with van der Waals surface area (Å²) in [6.45, 7) is 2.55. The van der Waals surface area contributed by atoms with E-state index in [-0.39, 0.29) is 41.3 Å². The molecule has 0 aliphatic carbocycles. The Labute approximate surface area is 160 Å². The van der Waals surface area contributed by atoms with Crippen LogP contribution in [0.15, 0.2) is 30.6 Å². The number of fused-ring (bicyclic) bond motifs is 2. The molecule has 1 atom stereocenters. The molecule has 8 heteroatoms. The van der Waals surface area contributed by atoms with E-state index < -0.39 is 5.82 Å². The van der Waals surface area contributed by atoms with Crippen LogP contribution in [0.2, 0.25) is 0 Å². The molecule has 1 aliphatic heterocycles. The zero-order chi connectivity index (χ0) is 19.8. The third kappa shape index (κ3) is 3.20. The van der Waals surface area contributed by atoms with Gasteiger partial charge in [-0.15, -0.1) is 0 Å². The van der Waals surface area contributed by atoms with Gasteiger partial charge in [-0.25, -0.2) is 13.8 Å². The zero-order valence-electron chi connectivity index (χ0n) is 15.6. The van der Waals surface area contributed by atoms with E-state index in [2.05, 4.69) is 15.6 Å². The van der Waals surface area contributed by atoms with Gasteiger partial charge >= 0.3 is 0 Å². The fraction of sp³-hybridized carbons (Fsp3) is 0.300. The molecule has 2 N–H and O–H groups in total. The Morgan fingerprint density at radius 2 is 2.21 bits per heavy atom. The Morgan fingerprint density at radius 3 is 3.00 bits per heavy atom. The maximum Gasteiger partial charge on any atom is 0.254 e. The third-order valence-corrected chi connectivity index (χ3v) is 4.86. The minimum atomic E-state index is -0.531. The van der Waals surface area contributed by atoms with Crippen molar-refractivity contribution in [1.29, 1.82) is 0 Å². The second-order valence-electron chi connectivity index (χ2n) is 6.89. The number of ether oxygens (including phenoxy) is 1. The predicted molar refractivity (Wildman–Crippen MR) is 101 cm³/mol. The number of rotatable bonds is 6. The van der Waals surface area contributed by atoms with Crippen LogP contribution >= 0.6 is 0 Å². The Balaban J connectivity index is 1.82. The number of nitrogens with one attached hydrogen (secondary N) is 2. The molecule has 6 nitrogen and oxygen atoms in total. The van der Waals surface area contributed by atoms with Crippen LogP contribution in [0.3, 0.4) is 0 Å². The second-order valence-corrected chi connectivity index (χ2v) is 6.89. The predicted octanol–water partition coefficient (Wildman–Crippen LogP) is 3.36. The number of carbonyl (C=O) groups excluding carboxylic acids is 1. The van der Waals surface area contributed by atoms with Crippen LogP contribution in [0.5, 0.6) is 0 Å². The van der Waals surface area contributed by atoms with E-state index in [0.29, 0.717) is 29.8 Å². The number of methoxy groups -OCH3 is 1. The molecular weight excluding hydrogens is 366 g/mol. The smallest absolute Gasteiger partial charge is 0.254 e. The maximum atomic E-state index is 15.0. The van der Waals surface area contributed by atoms with Crippen LogP contribution in [-0.4, -0.2) is 35.1 Å². The molecule has 1 unspecified atom stereocenters. The number of hydrogen-bond acceptors (Lipinski definition) is 4. The van der Waals surface area contributed by atoms with Crippen molar-refractivity contribution in [3.63, 3.8) is 0 Å². The van der Waals surface area contributed by atoms with Gasteiger partial charge in [-0.1, -0.05) is 0 Å². The van der Waals surface area contributed by atoms with E-state index in [9.17, 15) is 13.6 Å². The van der Waals surface area contributed by atoms with Gasteiger partial charge in [0.05, 0.1) is 11.3 Å². The van der Waals surface area contributed by atoms with Crippen LogP contribution in [0, 0.1) is 11.6 Å². The fourth-order valence-electron chi connectivity index (χ4n) is 3.40. The molecule has 3 aromatic rings. The zero-order valence-corrected chi connectivity index (χ0v) is 15.6. The number of nitrogens with zero attached hydrogens (tertiary/aromatic N) is 2. The lowest BCUT2D eigenvalue weighted by Crippen LogP contribution is -2.20. The SMILES string of the molecule is COCCC(C)Nc1nc(-c2cc3cc(F)ccn3c2)c2c(c1F)CNC2=O. The molecule has 4 rings (SSSR count). The van der Waals surface area contributed by atoms with Crippen LogP contribution in [0.25, 0.3) is 16.8 Å². The highest BCUT2D eigenvalue weighted by atomic mass is 19.1. The number of carbonyl (C=O) groups is 1. The Hall–Kier alpha value is -3.00. The molecular formula is C20H20F2N4O2. The average molecular weight is 386 g/mol. The molecule has 4 heterocycles. The van der Waals surface area contributed by atoms with Crippen molar-refractivity contribution in [2.24, 2.45) is 0 Å². The molecule has 1 aliphatic rings. The second kappa shape index (κ2) is 7.20. The first-order chi connectivity index (χ1) is 13.5. The summed E-state index contributed by atoms with van der Waals surface area (Å²) in [7, 11) is 1.61. The van der Waals surface area contributed by atoms with Crippen molar-refractivity contribution in [3.8, 4) is 11.3 Å². The van der Waals surface area contributed by atoms with Gasteiger partial charge in [-0.2, -0.15) is 0 Å². The summed E-state index contributed by atoms with van der Waals surface area (Å²) < 4.78 is 35.3. The highest BCUT2D eigenvalue weighted by Crippen LogP contribution is 2.34. The van der Waals surface area contributed by atoms with Crippen molar-refractivity contribution in [3.05, 3.63) is 53.4 Å². The minimum Gasteiger partial charge on any atom is -0.385 e. The molecule has 1 amide bonds. The first kappa shape index (κ1) is 18.4. The molecule has 0 saturated heterocycles. The van der Waals surface area contributed by atoms with Gasteiger partial charge in [-0.3, -0.25) is 4.79 Å². The summed E-state index contributed by atoms with van der Waals surface area (Å²) in [6.07, 6.45) is 4.01. The Bertz CT molecular complexity index is 1060. The highest BCUT2D eigenvalue weighted by Gasteiger charge is 2.30. The molecule has 0 fully saturated rings. The van der Waals surface area contributed by atoms with Gasteiger partial charge in [0.25, 0.3) is 5.91 Å². The van der Waals surface area contributed by atoms with E-state index >= 15 is 0 Å². The van der Waals surface area contributed by atoms with Gasteiger partial charge < -0.3 is 19.8 Å². The molecule has 146 valence electrons. The Morgan fingerprint density at radius 1 is 1.39 bits per heavy atom. The van der Waals surface area contributed by atoms with Crippen LogP contribution in [-0.2, 0) is 11.3 Å². The molecule has 28 heavy (non-hydrogen) atoms. The van der Waals surface area contributed by atoms with Gasteiger partial charge in [0, 0.05) is 55.3 Å². The summed E-state index contributed by atoms with van der Waals surface area (Å²) in [6, 6.07) is 4.39. The van der Waals surface area contributed by atoms with Gasteiger partial charge in [0.2, 0.25) is 0 Å². The number of pyridine rings is 2.